The maximum atomic E-state index is 11.3. The van der Waals surface area contributed by atoms with Crippen LogP contribution in [-0.4, -0.2) is 19.6 Å². The molecule has 5 nitrogen and oxygen atoms in total. The fraction of sp³-hybridized carbons (Fsp3) is 0.188. The van der Waals surface area contributed by atoms with E-state index in [4.69, 9.17) is 17.4 Å². The van der Waals surface area contributed by atoms with Gasteiger partial charge < -0.3 is 10.2 Å². The zero-order chi connectivity index (χ0) is 16.6. The lowest BCUT2D eigenvalue weighted by molar-refractivity contribution is 0.598. The molecule has 1 atom stereocenters. The number of primary sulfonamides is 1. The van der Waals surface area contributed by atoms with Gasteiger partial charge in [0.2, 0.25) is 10.0 Å². The predicted molar refractivity (Wildman–Crippen MR) is 96.1 cm³/mol. The van der Waals surface area contributed by atoms with Crippen molar-refractivity contribution < 1.29 is 8.42 Å². The first-order valence-electron chi connectivity index (χ1n) is 7.17. The third kappa shape index (κ3) is 3.21. The molecule has 1 aliphatic heterocycles. The summed E-state index contributed by atoms with van der Waals surface area (Å²) in [6.45, 7) is 2.12. The molecule has 0 unspecified atom stereocenters. The SMILES string of the molecule is C[C@H]1Cc2ccccc2N1C(=S)Nc1ccc(S(N)(=O)=O)cc1. The number of benzene rings is 2. The van der Waals surface area contributed by atoms with Crippen molar-refractivity contribution in [3.05, 3.63) is 54.1 Å². The zero-order valence-corrected chi connectivity index (χ0v) is 14.2. The van der Waals surface area contributed by atoms with E-state index < -0.39 is 10.0 Å². The number of nitrogens with one attached hydrogen (secondary N) is 1. The van der Waals surface area contributed by atoms with Gasteiger partial charge in [-0.05, 0) is 61.5 Å². The normalized spacial score (nSPS) is 17.0. The second-order valence-corrected chi connectivity index (χ2v) is 7.50. The Morgan fingerprint density at radius 2 is 1.87 bits per heavy atom. The lowest BCUT2D eigenvalue weighted by Crippen LogP contribution is -2.38. The van der Waals surface area contributed by atoms with E-state index in [1.165, 1.54) is 17.7 Å². The topological polar surface area (TPSA) is 75.4 Å². The summed E-state index contributed by atoms with van der Waals surface area (Å²) in [7, 11) is -3.68. The van der Waals surface area contributed by atoms with Crippen molar-refractivity contribution in [2.45, 2.75) is 24.3 Å². The van der Waals surface area contributed by atoms with E-state index in [9.17, 15) is 8.42 Å². The van der Waals surface area contributed by atoms with Gasteiger partial charge in [-0.2, -0.15) is 0 Å². The number of thiocarbonyl (C=S) groups is 1. The summed E-state index contributed by atoms with van der Waals surface area (Å²) in [5.41, 5.74) is 3.10. The van der Waals surface area contributed by atoms with Crippen molar-refractivity contribution in [3.8, 4) is 0 Å². The van der Waals surface area contributed by atoms with Gasteiger partial charge in [0, 0.05) is 17.4 Å². The summed E-state index contributed by atoms with van der Waals surface area (Å²) in [6, 6.07) is 14.7. The van der Waals surface area contributed by atoms with E-state index in [0.29, 0.717) is 5.11 Å². The van der Waals surface area contributed by atoms with Crippen molar-refractivity contribution >= 4 is 38.7 Å². The fourth-order valence-electron chi connectivity index (χ4n) is 2.79. The van der Waals surface area contributed by atoms with Gasteiger partial charge in [0.25, 0.3) is 0 Å². The largest absolute Gasteiger partial charge is 0.332 e. The molecule has 2 aromatic rings. The Hall–Kier alpha value is -1.96. The molecule has 0 saturated heterocycles. The van der Waals surface area contributed by atoms with Crippen molar-refractivity contribution in [2.24, 2.45) is 5.14 Å². The number of anilines is 2. The quantitative estimate of drug-likeness (QED) is 0.817. The third-order valence-corrected chi connectivity index (χ3v) is 5.09. The van der Waals surface area contributed by atoms with E-state index >= 15 is 0 Å². The minimum absolute atomic E-state index is 0.0776. The van der Waals surface area contributed by atoms with E-state index in [1.807, 2.05) is 12.1 Å². The highest BCUT2D eigenvalue weighted by atomic mass is 32.2. The van der Waals surface area contributed by atoms with Crippen LogP contribution in [0.3, 0.4) is 0 Å². The molecule has 3 rings (SSSR count). The second kappa shape index (κ2) is 5.92. The molecule has 0 radical (unpaired) electrons. The van der Waals surface area contributed by atoms with Gasteiger partial charge in [0.05, 0.1) is 4.90 Å². The first-order chi connectivity index (χ1) is 10.9. The van der Waals surface area contributed by atoms with Crippen LogP contribution in [0.4, 0.5) is 11.4 Å². The molecule has 0 bridgehead atoms. The molecule has 0 spiro atoms. The maximum Gasteiger partial charge on any atom is 0.238 e. The number of hydrogen-bond acceptors (Lipinski definition) is 3. The molecular weight excluding hydrogens is 330 g/mol. The van der Waals surface area contributed by atoms with Gasteiger partial charge >= 0.3 is 0 Å². The molecule has 120 valence electrons. The maximum absolute atomic E-state index is 11.3. The van der Waals surface area contributed by atoms with Crippen LogP contribution in [0.5, 0.6) is 0 Å². The van der Waals surface area contributed by atoms with Crippen LogP contribution in [-0.2, 0) is 16.4 Å². The molecule has 3 N–H and O–H groups in total. The summed E-state index contributed by atoms with van der Waals surface area (Å²) in [5.74, 6) is 0. The molecule has 2 aromatic carbocycles. The molecule has 1 heterocycles. The third-order valence-electron chi connectivity index (χ3n) is 3.86. The smallest absolute Gasteiger partial charge is 0.238 e. The lowest BCUT2D eigenvalue weighted by Gasteiger charge is -2.26. The van der Waals surface area contributed by atoms with Gasteiger partial charge in [-0.1, -0.05) is 18.2 Å². The Morgan fingerprint density at radius 1 is 1.22 bits per heavy atom. The number of sulfonamides is 1. The minimum Gasteiger partial charge on any atom is -0.332 e. The Morgan fingerprint density at radius 3 is 2.52 bits per heavy atom. The summed E-state index contributed by atoms with van der Waals surface area (Å²) >= 11 is 5.53. The standard InChI is InChI=1S/C16H17N3O2S2/c1-11-10-12-4-2-3-5-15(12)19(11)16(22)18-13-6-8-14(9-7-13)23(17,20)21/h2-9,11H,10H2,1H3,(H,18,22)(H2,17,20,21)/t11-/m0/s1. The molecule has 0 aliphatic carbocycles. The molecule has 0 saturated carbocycles. The van der Waals surface area contributed by atoms with Gasteiger partial charge in [-0.15, -0.1) is 0 Å². The van der Waals surface area contributed by atoms with Crippen LogP contribution >= 0.6 is 12.2 Å². The number of hydrogen-bond donors (Lipinski definition) is 2. The number of nitrogens with two attached hydrogens (primary N) is 1. The van der Waals surface area contributed by atoms with Gasteiger partial charge in [-0.25, -0.2) is 13.6 Å². The molecular formula is C16H17N3O2S2. The number of nitrogens with zero attached hydrogens (tertiary/aromatic N) is 1. The Bertz CT molecular complexity index is 848. The van der Waals surface area contributed by atoms with Crippen LogP contribution in [0.2, 0.25) is 0 Å². The number of fused-ring (bicyclic) bond motifs is 1. The van der Waals surface area contributed by atoms with Crippen molar-refractivity contribution in [3.63, 3.8) is 0 Å². The molecule has 0 aromatic heterocycles. The van der Waals surface area contributed by atoms with Crippen LogP contribution < -0.4 is 15.4 Å². The van der Waals surface area contributed by atoms with E-state index in [1.54, 1.807) is 12.1 Å². The highest BCUT2D eigenvalue weighted by Gasteiger charge is 2.28. The average Bonchev–Trinajstić information content (AvgIpc) is 2.82. The van der Waals surface area contributed by atoms with Crippen LogP contribution in [0.1, 0.15) is 12.5 Å². The lowest BCUT2D eigenvalue weighted by atomic mass is 10.1. The monoisotopic (exact) mass is 347 g/mol. The summed E-state index contributed by atoms with van der Waals surface area (Å²) in [6.07, 6.45) is 0.947. The average molecular weight is 347 g/mol. The van der Waals surface area contributed by atoms with Crippen molar-refractivity contribution in [1.29, 1.82) is 0 Å². The van der Waals surface area contributed by atoms with E-state index in [-0.39, 0.29) is 10.9 Å². The molecule has 0 fully saturated rings. The van der Waals surface area contributed by atoms with Crippen molar-refractivity contribution in [2.75, 3.05) is 10.2 Å². The molecule has 0 amide bonds. The summed E-state index contributed by atoms with van der Waals surface area (Å²) in [4.78, 5) is 2.16. The Labute approximate surface area is 141 Å². The summed E-state index contributed by atoms with van der Waals surface area (Å²) < 4.78 is 22.6. The molecule has 7 heteroatoms. The first kappa shape index (κ1) is 15.9. The van der Waals surface area contributed by atoms with Gasteiger partial charge in [0.15, 0.2) is 5.11 Å². The fourth-order valence-corrected chi connectivity index (χ4v) is 3.70. The molecule has 1 aliphatic rings. The Balaban J connectivity index is 1.80. The zero-order valence-electron chi connectivity index (χ0n) is 12.6. The Kier molecular flexibility index (Phi) is 4.09. The van der Waals surface area contributed by atoms with Gasteiger partial charge in [0.1, 0.15) is 0 Å². The highest BCUT2D eigenvalue weighted by molar-refractivity contribution is 7.89. The van der Waals surface area contributed by atoms with E-state index in [2.05, 4.69) is 29.3 Å². The van der Waals surface area contributed by atoms with Crippen LogP contribution in [0.15, 0.2) is 53.4 Å². The van der Waals surface area contributed by atoms with Crippen molar-refractivity contribution in [1.82, 2.24) is 0 Å². The second-order valence-electron chi connectivity index (χ2n) is 5.55. The first-order valence-corrected chi connectivity index (χ1v) is 9.13. The number of para-hydroxylation sites is 1. The minimum atomic E-state index is -3.68. The highest BCUT2D eigenvalue weighted by Crippen LogP contribution is 2.32. The van der Waals surface area contributed by atoms with Crippen LogP contribution in [0.25, 0.3) is 0 Å². The van der Waals surface area contributed by atoms with E-state index in [0.717, 1.165) is 17.8 Å². The predicted octanol–water partition coefficient (Wildman–Crippen LogP) is 2.48. The molecule has 23 heavy (non-hydrogen) atoms. The number of rotatable bonds is 2. The van der Waals surface area contributed by atoms with Gasteiger partial charge in [-0.3, -0.25) is 0 Å². The summed E-state index contributed by atoms with van der Waals surface area (Å²) in [5, 5.41) is 8.84. The van der Waals surface area contributed by atoms with Crippen LogP contribution in [0, 0.1) is 0 Å².